The first-order valence-corrected chi connectivity index (χ1v) is 3.38. The van der Waals surface area contributed by atoms with Crippen molar-refractivity contribution < 1.29 is 4.74 Å². The Labute approximate surface area is 51.0 Å². The van der Waals surface area contributed by atoms with Crippen molar-refractivity contribution in [1.82, 2.24) is 0 Å². The normalized spacial score (nSPS) is 29.6. The molecule has 0 amide bonds. The standard InChI is InChI=1S/C7H14O/c1-6(2)7-3-4-8-5-7/h6-7H,3-5H2,1-2H3/t7-/m1/s1. The van der Waals surface area contributed by atoms with Crippen LogP contribution in [-0.2, 0) is 4.74 Å². The molecule has 0 aliphatic carbocycles. The fourth-order valence-electron chi connectivity index (χ4n) is 1.08. The van der Waals surface area contributed by atoms with Crippen LogP contribution >= 0.6 is 0 Å². The van der Waals surface area contributed by atoms with Gasteiger partial charge in [-0.25, -0.2) is 0 Å². The van der Waals surface area contributed by atoms with Crippen molar-refractivity contribution in [1.29, 1.82) is 0 Å². The lowest BCUT2D eigenvalue weighted by Crippen LogP contribution is -2.06. The maximum Gasteiger partial charge on any atom is 0.0497 e. The zero-order valence-corrected chi connectivity index (χ0v) is 5.68. The average Bonchev–Trinajstić information content (AvgIpc) is 2.12. The van der Waals surface area contributed by atoms with Crippen molar-refractivity contribution in [3.63, 3.8) is 0 Å². The summed E-state index contributed by atoms with van der Waals surface area (Å²) in [5, 5.41) is 0. The molecule has 0 N–H and O–H groups in total. The molecule has 1 atom stereocenters. The minimum atomic E-state index is 0.817. The first-order valence-electron chi connectivity index (χ1n) is 3.38. The van der Waals surface area contributed by atoms with Gasteiger partial charge in [-0.2, -0.15) is 0 Å². The molecule has 1 aliphatic rings. The van der Waals surface area contributed by atoms with Crippen molar-refractivity contribution >= 4 is 0 Å². The van der Waals surface area contributed by atoms with E-state index in [-0.39, 0.29) is 0 Å². The van der Waals surface area contributed by atoms with Crippen LogP contribution in [-0.4, -0.2) is 13.2 Å². The summed E-state index contributed by atoms with van der Waals surface area (Å²) in [7, 11) is 0. The molecule has 0 bridgehead atoms. The molecule has 1 rings (SSSR count). The van der Waals surface area contributed by atoms with E-state index in [1.54, 1.807) is 0 Å². The number of ether oxygens (including phenoxy) is 1. The van der Waals surface area contributed by atoms with Gasteiger partial charge >= 0.3 is 0 Å². The first-order chi connectivity index (χ1) is 3.80. The summed E-state index contributed by atoms with van der Waals surface area (Å²) < 4.78 is 5.22. The predicted molar refractivity (Wildman–Crippen MR) is 33.8 cm³/mol. The molecule has 0 saturated carbocycles. The van der Waals surface area contributed by atoms with Gasteiger partial charge in [0, 0.05) is 13.2 Å². The van der Waals surface area contributed by atoms with E-state index in [4.69, 9.17) is 4.74 Å². The largest absolute Gasteiger partial charge is 0.381 e. The summed E-state index contributed by atoms with van der Waals surface area (Å²) in [5.74, 6) is 1.66. The number of hydrogen-bond acceptors (Lipinski definition) is 1. The van der Waals surface area contributed by atoms with E-state index in [0.717, 1.165) is 25.0 Å². The summed E-state index contributed by atoms with van der Waals surface area (Å²) in [6.45, 7) is 6.51. The fourth-order valence-corrected chi connectivity index (χ4v) is 1.08. The number of rotatable bonds is 1. The van der Waals surface area contributed by atoms with Crippen molar-refractivity contribution in [2.24, 2.45) is 11.8 Å². The Morgan fingerprint density at radius 2 is 2.25 bits per heavy atom. The molecular weight excluding hydrogens is 100 g/mol. The van der Waals surface area contributed by atoms with Crippen LogP contribution in [0.15, 0.2) is 0 Å². The van der Waals surface area contributed by atoms with Gasteiger partial charge in [0.05, 0.1) is 0 Å². The summed E-state index contributed by atoms with van der Waals surface area (Å²) in [5.41, 5.74) is 0. The van der Waals surface area contributed by atoms with Gasteiger partial charge in [0.1, 0.15) is 0 Å². The molecule has 0 spiro atoms. The fraction of sp³-hybridized carbons (Fsp3) is 1.00. The van der Waals surface area contributed by atoms with E-state index in [1.165, 1.54) is 6.42 Å². The lowest BCUT2D eigenvalue weighted by atomic mass is 9.96. The molecule has 0 aromatic carbocycles. The molecule has 0 unspecified atom stereocenters. The smallest absolute Gasteiger partial charge is 0.0497 e. The second kappa shape index (κ2) is 2.49. The van der Waals surface area contributed by atoms with Gasteiger partial charge in [0.15, 0.2) is 0 Å². The monoisotopic (exact) mass is 114 g/mol. The Morgan fingerprint density at radius 3 is 2.50 bits per heavy atom. The summed E-state index contributed by atoms with van der Waals surface area (Å²) in [6, 6.07) is 0. The Hall–Kier alpha value is -0.0400. The molecule has 1 nitrogen and oxygen atoms in total. The highest BCUT2D eigenvalue weighted by Gasteiger charge is 2.17. The average molecular weight is 114 g/mol. The topological polar surface area (TPSA) is 9.23 Å². The first kappa shape index (κ1) is 6.09. The minimum absolute atomic E-state index is 0.817. The van der Waals surface area contributed by atoms with E-state index in [1.807, 2.05) is 0 Å². The Kier molecular flexibility index (Phi) is 1.90. The van der Waals surface area contributed by atoms with Crippen molar-refractivity contribution in [3.8, 4) is 0 Å². The van der Waals surface area contributed by atoms with Crippen LogP contribution in [0.1, 0.15) is 20.3 Å². The summed E-state index contributed by atoms with van der Waals surface area (Å²) in [4.78, 5) is 0. The van der Waals surface area contributed by atoms with E-state index in [0.29, 0.717) is 0 Å². The molecular formula is C7H14O. The lowest BCUT2D eigenvalue weighted by molar-refractivity contribution is 0.177. The minimum Gasteiger partial charge on any atom is -0.381 e. The molecule has 8 heavy (non-hydrogen) atoms. The van der Waals surface area contributed by atoms with Crippen molar-refractivity contribution in [2.75, 3.05) is 13.2 Å². The molecule has 1 fully saturated rings. The van der Waals surface area contributed by atoms with Crippen LogP contribution in [0.3, 0.4) is 0 Å². The molecule has 0 radical (unpaired) electrons. The summed E-state index contributed by atoms with van der Waals surface area (Å²) >= 11 is 0. The Balaban J connectivity index is 2.24. The quantitative estimate of drug-likeness (QED) is 0.504. The molecule has 48 valence electrons. The van der Waals surface area contributed by atoms with Gasteiger partial charge in [0.25, 0.3) is 0 Å². The highest BCUT2D eigenvalue weighted by Crippen LogP contribution is 2.20. The van der Waals surface area contributed by atoms with Crippen LogP contribution in [0.25, 0.3) is 0 Å². The van der Waals surface area contributed by atoms with Gasteiger partial charge in [0.2, 0.25) is 0 Å². The third-order valence-corrected chi connectivity index (χ3v) is 1.91. The molecule has 1 heterocycles. The van der Waals surface area contributed by atoms with Crippen molar-refractivity contribution in [2.45, 2.75) is 20.3 Å². The van der Waals surface area contributed by atoms with Crippen LogP contribution in [0.4, 0.5) is 0 Å². The van der Waals surface area contributed by atoms with Gasteiger partial charge in [-0.3, -0.25) is 0 Å². The SMILES string of the molecule is CC(C)[C@@H]1CCOC1. The Morgan fingerprint density at radius 1 is 1.50 bits per heavy atom. The van der Waals surface area contributed by atoms with E-state index < -0.39 is 0 Å². The highest BCUT2D eigenvalue weighted by atomic mass is 16.5. The second-order valence-corrected chi connectivity index (χ2v) is 2.87. The van der Waals surface area contributed by atoms with Gasteiger partial charge in [-0.05, 0) is 18.3 Å². The Bertz CT molecular complexity index is 62.8. The number of hydrogen-bond donors (Lipinski definition) is 0. The predicted octanol–water partition coefficient (Wildman–Crippen LogP) is 1.68. The molecule has 0 aromatic heterocycles. The van der Waals surface area contributed by atoms with Crippen LogP contribution < -0.4 is 0 Å². The summed E-state index contributed by atoms with van der Waals surface area (Å²) in [6.07, 6.45) is 1.28. The molecule has 1 saturated heterocycles. The molecule has 1 heteroatoms. The zero-order chi connectivity index (χ0) is 5.98. The lowest BCUT2D eigenvalue weighted by Gasteiger charge is -2.09. The third-order valence-electron chi connectivity index (χ3n) is 1.91. The molecule has 1 aliphatic heterocycles. The van der Waals surface area contributed by atoms with Crippen LogP contribution in [0.5, 0.6) is 0 Å². The van der Waals surface area contributed by atoms with Crippen LogP contribution in [0, 0.1) is 11.8 Å². The van der Waals surface area contributed by atoms with Crippen molar-refractivity contribution in [3.05, 3.63) is 0 Å². The maximum absolute atomic E-state index is 5.22. The van der Waals surface area contributed by atoms with Crippen LogP contribution in [0.2, 0.25) is 0 Å². The molecule has 0 aromatic rings. The van der Waals surface area contributed by atoms with E-state index >= 15 is 0 Å². The van der Waals surface area contributed by atoms with E-state index in [2.05, 4.69) is 13.8 Å². The third kappa shape index (κ3) is 1.22. The second-order valence-electron chi connectivity index (χ2n) is 2.87. The highest BCUT2D eigenvalue weighted by molar-refractivity contribution is 4.66. The van der Waals surface area contributed by atoms with Gasteiger partial charge < -0.3 is 4.74 Å². The zero-order valence-electron chi connectivity index (χ0n) is 5.68. The maximum atomic E-state index is 5.22. The van der Waals surface area contributed by atoms with Gasteiger partial charge in [-0.15, -0.1) is 0 Å². The van der Waals surface area contributed by atoms with Gasteiger partial charge in [-0.1, -0.05) is 13.8 Å². The van der Waals surface area contributed by atoms with E-state index in [9.17, 15) is 0 Å².